The number of amides is 1. The molecule has 1 aromatic carbocycles. The van der Waals surface area contributed by atoms with E-state index >= 15 is 0 Å². The topological polar surface area (TPSA) is 66.8 Å². The van der Waals surface area contributed by atoms with Gasteiger partial charge in [0.1, 0.15) is 11.6 Å². The average Bonchev–Trinajstić information content (AvgIpc) is 2.43. The summed E-state index contributed by atoms with van der Waals surface area (Å²) in [5.74, 6) is -1.41. The summed E-state index contributed by atoms with van der Waals surface area (Å²) in [7, 11) is 1.47. The Morgan fingerprint density at radius 3 is 2.35 bits per heavy atom. The Labute approximate surface area is 119 Å². The zero-order valence-corrected chi connectivity index (χ0v) is 12.3. The van der Waals surface area contributed by atoms with Crippen molar-refractivity contribution in [2.24, 2.45) is 0 Å². The maximum absolute atomic E-state index is 12.2. The smallest absolute Gasteiger partial charge is 0.329 e. The fraction of sp³-hybridized carbons (Fsp3) is 0.467. The van der Waals surface area contributed by atoms with E-state index < -0.39 is 17.6 Å². The van der Waals surface area contributed by atoms with Crippen molar-refractivity contribution < 1.29 is 19.4 Å². The normalized spacial score (nSPS) is 12.8. The van der Waals surface area contributed by atoms with Crippen molar-refractivity contribution in [3.05, 3.63) is 35.9 Å². The number of carbonyl (C=O) groups is 2. The standard InChI is InChI=1S/C15H21NO4/c1-11(20-10-12-8-6-5-7-9-12)13(17)16(4)15(2,3)14(18)19/h5-9,11H,10H2,1-4H3,(H,18,19). The lowest BCUT2D eigenvalue weighted by molar-refractivity contribution is -0.160. The first-order valence-electron chi connectivity index (χ1n) is 6.43. The zero-order valence-electron chi connectivity index (χ0n) is 12.3. The van der Waals surface area contributed by atoms with Crippen LogP contribution in [-0.2, 0) is 20.9 Å². The molecule has 1 aromatic rings. The molecule has 0 aliphatic heterocycles. The molecule has 0 heterocycles. The van der Waals surface area contributed by atoms with E-state index in [1.807, 2.05) is 30.3 Å². The molecule has 0 spiro atoms. The lowest BCUT2D eigenvalue weighted by atomic mass is 10.0. The second-order valence-electron chi connectivity index (χ2n) is 5.20. The summed E-state index contributed by atoms with van der Waals surface area (Å²) in [5.41, 5.74) is -0.297. The Kier molecular flexibility index (Phi) is 5.27. The first-order valence-corrected chi connectivity index (χ1v) is 6.43. The van der Waals surface area contributed by atoms with Gasteiger partial charge in [0.25, 0.3) is 5.91 Å². The van der Waals surface area contributed by atoms with Crippen LogP contribution in [0.2, 0.25) is 0 Å². The molecule has 0 fully saturated rings. The van der Waals surface area contributed by atoms with Crippen LogP contribution in [0.15, 0.2) is 30.3 Å². The van der Waals surface area contributed by atoms with Crippen LogP contribution >= 0.6 is 0 Å². The largest absolute Gasteiger partial charge is 0.480 e. The molecule has 20 heavy (non-hydrogen) atoms. The molecule has 110 valence electrons. The highest BCUT2D eigenvalue weighted by atomic mass is 16.5. The number of likely N-dealkylation sites (N-methyl/N-ethyl adjacent to an activating group) is 1. The van der Waals surface area contributed by atoms with E-state index in [1.54, 1.807) is 6.92 Å². The van der Waals surface area contributed by atoms with Crippen molar-refractivity contribution in [1.29, 1.82) is 0 Å². The average molecular weight is 279 g/mol. The van der Waals surface area contributed by atoms with E-state index in [-0.39, 0.29) is 5.91 Å². The predicted octanol–water partition coefficient (Wildman–Crippen LogP) is 1.91. The molecule has 1 rings (SSSR count). The molecule has 1 unspecified atom stereocenters. The highest BCUT2D eigenvalue weighted by molar-refractivity contribution is 5.88. The molecule has 0 bridgehead atoms. The second-order valence-corrected chi connectivity index (χ2v) is 5.20. The van der Waals surface area contributed by atoms with Crippen molar-refractivity contribution in [2.45, 2.75) is 39.0 Å². The van der Waals surface area contributed by atoms with Gasteiger partial charge in [0.05, 0.1) is 6.61 Å². The third-order valence-corrected chi connectivity index (χ3v) is 3.38. The number of carbonyl (C=O) groups excluding carboxylic acids is 1. The van der Waals surface area contributed by atoms with Crippen LogP contribution in [0.25, 0.3) is 0 Å². The van der Waals surface area contributed by atoms with Crippen molar-refractivity contribution in [3.8, 4) is 0 Å². The Balaban J connectivity index is 2.61. The Morgan fingerprint density at radius 1 is 1.30 bits per heavy atom. The van der Waals surface area contributed by atoms with Gasteiger partial charge in [-0.25, -0.2) is 4.79 Å². The molecule has 1 N–H and O–H groups in total. The fourth-order valence-electron chi connectivity index (χ4n) is 1.56. The minimum absolute atomic E-state index is 0.315. The summed E-state index contributed by atoms with van der Waals surface area (Å²) < 4.78 is 5.50. The number of benzene rings is 1. The van der Waals surface area contributed by atoms with E-state index in [0.717, 1.165) is 5.56 Å². The van der Waals surface area contributed by atoms with Crippen LogP contribution in [0.3, 0.4) is 0 Å². The summed E-state index contributed by atoms with van der Waals surface area (Å²) in [5, 5.41) is 9.12. The van der Waals surface area contributed by atoms with Crippen molar-refractivity contribution >= 4 is 11.9 Å². The van der Waals surface area contributed by atoms with E-state index in [2.05, 4.69) is 0 Å². The number of carboxylic acids is 1. The number of aliphatic carboxylic acids is 1. The third-order valence-electron chi connectivity index (χ3n) is 3.38. The summed E-state index contributed by atoms with van der Waals surface area (Å²) in [6.45, 7) is 4.91. The lowest BCUT2D eigenvalue weighted by Crippen LogP contribution is -2.53. The van der Waals surface area contributed by atoms with Crippen LogP contribution in [0, 0.1) is 0 Å². The van der Waals surface area contributed by atoms with Gasteiger partial charge < -0.3 is 14.7 Å². The molecule has 5 nitrogen and oxygen atoms in total. The van der Waals surface area contributed by atoms with E-state index in [0.29, 0.717) is 6.61 Å². The third kappa shape index (κ3) is 3.81. The van der Waals surface area contributed by atoms with Gasteiger partial charge in [-0.2, -0.15) is 0 Å². The van der Waals surface area contributed by atoms with Crippen LogP contribution in [0.1, 0.15) is 26.3 Å². The summed E-state index contributed by atoms with van der Waals surface area (Å²) >= 11 is 0. The van der Waals surface area contributed by atoms with E-state index in [1.165, 1.54) is 25.8 Å². The molecule has 0 aliphatic rings. The molecular weight excluding hydrogens is 258 g/mol. The van der Waals surface area contributed by atoms with Crippen molar-refractivity contribution in [3.63, 3.8) is 0 Å². The quantitative estimate of drug-likeness (QED) is 0.864. The number of hydrogen-bond donors (Lipinski definition) is 1. The zero-order chi connectivity index (χ0) is 15.3. The summed E-state index contributed by atoms with van der Waals surface area (Å²) in [6.07, 6.45) is -0.696. The highest BCUT2D eigenvalue weighted by Gasteiger charge is 2.37. The van der Waals surface area contributed by atoms with Crippen molar-refractivity contribution in [1.82, 2.24) is 4.90 Å². The lowest BCUT2D eigenvalue weighted by Gasteiger charge is -2.33. The van der Waals surface area contributed by atoms with Crippen LogP contribution < -0.4 is 0 Å². The van der Waals surface area contributed by atoms with Gasteiger partial charge in [-0.15, -0.1) is 0 Å². The molecule has 1 amide bonds. The van der Waals surface area contributed by atoms with Crippen molar-refractivity contribution in [2.75, 3.05) is 7.05 Å². The van der Waals surface area contributed by atoms with Gasteiger partial charge in [0, 0.05) is 7.05 Å². The predicted molar refractivity (Wildman–Crippen MR) is 75.2 cm³/mol. The second kappa shape index (κ2) is 6.52. The maximum Gasteiger partial charge on any atom is 0.329 e. The Hall–Kier alpha value is -1.88. The maximum atomic E-state index is 12.2. The number of ether oxygens (including phenoxy) is 1. The highest BCUT2D eigenvalue weighted by Crippen LogP contribution is 2.15. The Bertz CT molecular complexity index is 470. The minimum Gasteiger partial charge on any atom is -0.480 e. The minimum atomic E-state index is -1.26. The molecule has 5 heteroatoms. The number of nitrogens with zero attached hydrogens (tertiary/aromatic N) is 1. The van der Waals surface area contributed by atoms with Gasteiger partial charge in [0.15, 0.2) is 0 Å². The molecule has 0 aromatic heterocycles. The molecule has 0 aliphatic carbocycles. The first-order chi connectivity index (χ1) is 9.26. The number of rotatable bonds is 6. The van der Waals surface area contributed by atoms with E-state index in [9.17, 15) is 9.59 Å². The van der Waals surface area contributed by atoms with Gasteiger partial charge in [0.2, 0.25) is 0 Å². The first kappa shape index (κ1) is 16.2. The molecule has 0 saturated carbocycles. The Morgan fingerprint density at radius 2 is 1.85 bits per heavy atom. The molecule has 0 radical (unpaired) electrons. The monoisotopic (exact) mass is 279 g/mol. The van der Waals surface area contributed by atoms with Crippen LogP contribution in [0.5, 0.6) is 0 Å². The SMILES string of the molecule is CC(OCc1ccccc1)C(=O)N(C)C(C)(C)C(=O)O. The van der Waals surface area contributed by atoms with Gasteiger partial charge in [-0.3, -0.25) is 4.79 Å². The van der Waals surface area contributed by atoms with Crippen LogP contribution in [0.4, 0.5) is 0 Å². The molecular formula is C15H21NO4. The van der Waals surface area contributed by atoms with Gasteiger partial charge in [-0.05, 0) is 26.3 Å². The van der Waals surface area contributed by atoms with Gasteiger partial charge >= 0.3 is 5.97 Å². The summed E-state index contributed by atoms with van der Waals surface area (Å²) in [4.78, 5) is 24.5. The molecule has 1 atom stereocenters. The fourth-order valence-corrected chi connectivity index (χ4v) is 1.56. The van der Waals surface area contributed by atoms with Crippen LogP contribution in [-0.4, -0.2) is 40.6 Å². The van der Waals surface area contributed by atoms with E-state index in [4.69, 9.17) is 9.84 Å². The molecule has 0 saturated heterocycles. The van der Waals surface area contributed by atoms with Gasteiger partial charge in [-0.1, -0.05) is 30.3 Å². The summed E-state index contributed by atoms with van der Waals surface area (Å²) in [6, 6.07) is 9.50. The number of hydrogen-bond acceptors (Lipinski definition) is 3. The number of carboxylic acid groups (broad SMARTS) is 1.